The highest BCUT2D eigenvalue weighted by Crippen LogP contribution is 2.40. The highest BCUT2D eigenvalue weighted by Gasteiger charge is 2.29. The Morgan fingerprint density at radius 3 is 2.45 bits per heavy atom. The van der Waals surface area contributed by atoms with Crippen molar-refractivity contribution in [3.8, 4) is 40.4 Å². The minimum atomic E-state index is -1.02. The number of benzene rings is 2. The molecule has 4 aromatic rings. The van der Waals surface area contributed by atoms with Crippen molar-refractivity contribution in [2.75, 3.05) is 18.0 Å². The molecule has 11 heteroatoms. The molecule has 4 N–H and O–H groups in total. The van der Waals surface area contributed by atoms with Crippen LogP contribution in [-0.2, 0) is 7.05 Å². The van der Waals surface area contributed by atoms with Crippen LogP contribution in [0.5, 0.6) is 29.0 Å². The van der Waals surface area contributed by atoms with Crippen molar-refractivity contribution in [2.45, 2.75) is 19.3 Å². The molecule has 0 unspecified atom stereocenters. The zero-order chi connectivity index (χ0) is 26.8. The number of amidine groups is 1. The van der Waals surface area contributed by atoms with Crippen LogP contribution in [0.25, 0.3) is 11.4 Å². The fourth-order valence-corrected chi connectivity index (χ4v) is 4.34. The molecule has 38 heavy (non-hydrogen) atoms. The number of nitrogens with one attached hydrogen (secondary N) is 1. The fourth-order valence-electron chi connectivity index (χ4n) is 4.34. The smallest absolute Gasteiger partial charge is 0.261 e. The minimum Gasteiger partial charge on any atom is -0.504 e. The molecule has 2 aromatic heterocycles. The third-order valence-corrected chi connectivity index (χ3v) is 6.27. The number of nitrogen functional groups attached to an aromatic ring is 1. The summed E-state index contributed by atoms with van der Waals surface area (Å²) in [4.78, 5) is 9.93. The van der Waals surface area contributed by atoms with Gasteiger partial charge < -0.3 is 29.8 Å². The van der Waals surface area contributed by atoms with Crippen molar-refractivity contribution in [2.24, 2.45) is 12.8 Å². The predicted octanol–water partition coefficient (Wildman–Crippen LogP) is 5.32. The van der Waals surface area contributed by atoms with Gasteiger partial charge in [0, 0.05) is 43.7 Å². The SMILES string of the molecule is Cn1ccnc1-c1cccc(Oc2nc(Oc3cc(C(=N)N)ccc3O)c(F)c(N3CCCCC3)c2F)c1. The number of hydrogen-bond acceptors (Lipinski definition) is 7. The van der Waals surface area contributed by atoms with E-state index in [0.29, 0.717) is 18.9 Å². The quantitative estimate of drug-likeness (QED) is 0.223. The maximum atomic E-state index is 15.8. The zero-order valence-electron chi connectivity index (χ0n) is 20.6. The first kappa shape index (κ1) is 25.0. The number of aromatic hydroxyl groups is 1. The highest BCUT2D eigenvalue weighted by atomic mass is 19.1. The van der Waals surface area contributed by atoms with Gasteiger partial charge in [-0.2, -0.15) is 13.8 Å². The summed E-state index contributed by atoms with van der Waals surface area (Å²) >= 11 is 0. The second-order valence-electron chi connectivity index (χ2n) is 8.94. The number of ether oxygens (including phenoxy) is 2. The van der Waals surface area contributed by atoms with Crippen molar-refractivity contribution in [3.63, 3.8) is 0 Å². The molecule has 1 aliphatic heterocycles. The van der Waals surface area contributed by atoms with Gasteiger partial charge in [-0.15, -0.1) is 0 Å². The third-order valence-electron chi connectivity index (χ3n) is 6.27. The van der Waals surface area contributed by atoms with Gasteiger partial charge in [-0.25, -0.2) is 4.98 Å². The van der Waals surface area contributed by atoms with Gasteiger partial charge in [0.2, 0.25) is 11.6 Å². The summed E-state index contributed by atoms with van der Waals surface area (Å²) in [5.41, 5.74) is 6.21. The number of imidazole rings is 1. The molecule has 196 valence electrons. The minimum absolute atomic E-state index is 0.192. The molecule has 0 atom stereocenters. The molecule has 0 aliphatic carbocycles. The first-order valence-electron chi connectivity index (χ1n) is 12.1. The number of halogens is 2. The lowest BCUT2D eigenvalue weighted by molar-refractivity contribution is 0.360. The molecule has 9 nitrogen and oxygen atoms in total. The summed E-state index contributed by atoms with van der Waals surface area (Å²) in [5.74, 6) is -2.89. The van der Waals surface area contributed by atoms with Crippen LogP contribution in [0.2, 0.25) is 0 Å². The molecule has 0 bridgehead atoms. The van der Waals surface area contributed by atoms with E-state index >= 15 is 8.78 Å². The lowest BCUT2D eigenvalue weighted by Gasteiger charge is -2.30. The highest BCUT2D eigenvalue weighted by molar-refractivity contribution is 5.95. The lowest BCUT2D eigenvalue weighted by Crippen LogP contribution is -2.31. The van der Waals surface area contributed by atoms with Crippen LogP contribution >= 0.6 is 0 Å². The van der Waals surface area contributed by atoms with Crippen molar-refractivity contribution in [1.82, 2.24) is 14.5 Å². The first-order valence-corrected chi connectivity index (χ1v) is 12.1. The van der Waals surface area contributed by atoms with Gasteiger partial charge in [-0.1, -0.05) is 12.1 Å². The van der Waals surface area contributed by atoms with Gasteiger partial charge in [0.1, 0.15) is 23.1 Å². The Bertz CT molecular complexity index is 1500. The van der Waals surface area contributed by atoms with E-state index in [2.05, 4.69) is 9.97 Å². The maximum Gasteiger partial charge on any atom is 0.261 e. The predicted molar refractivity (Wildman–Crippen MR) is 138 cm³/mol. The van der Waals surface area contributed by atoms with Gasteiger partial charge >= 0.3 is 0 Å². The number of phenolic OH excluding ortho intramolecular Hbond substituents is 1. The largest absolute Gasteiger partial charge is 0.504 e. The van der Waals surface area contributed by atoms with Crippen molar-refractivity contribution >= 4 is 11.5 Å². The summed E-state index contributed by atoms with van der Waals surface area (Å²) in [6.45, 7) is 0.910. The topological polar surface area (TPSA) is 123 Å². The number of anilines is 1. The van der Waals surface area contributed by atoms with E-state index in [9.17, 15) is 5.11 Å². The Morgan fingerprint density at radius 1 is 1.03 bits per heavy atom. The Balaban J connectivity index is 1.57. The molecular formula is C27H26F2N6O3. The van der Waals surface area contributed by atoms with Gasteiger partial charge in [-0.3, -0.25) is 5.41 Å². The van der Waals surface area contributed by atoms with Crippen LogP contribution in [0.3, 0.4) is 0 Å². The van der Waals surface area contributed by atoms with E-state index in [1.165, 1.54) is 18.2 Å². The number of pyridine rings is 1. The summed E-state index contributed by atoms with van der Waals surface area (Å²) in [6.07, 6.45) is 5.98. The first-order chi connectivity index (χ1) is 18.3. The number of phenols is 1. The maximum absolute atomic E-state index is 15.8. The van der Waals surface area contributed by atoms with E-state index < -0.39 is 23.4 Å². The van der Waals surface area contributed by atoms with E-state index in [4.69, 9.17) is 20.6 Å². The van der Waals surface area contributed by atoms with Crippen LogP contribution in [0, 0.1) is 17.0 Å². The van der Waals surface area contributed by atoms with Gasteiger partial charge in [-0.05, 0) is 49.6 Å². The number of hydrogen-bond donors (Lipinski definition) is 3. The standard InChI is InChI=1S/C27H26F2N6O3/c1-34-13-10-32-25(34)17-6-5-7-18(14-17)37-26-21(28)23(35-11-3-2-4-12-35)22(29)27(33-26)38-20-15-16(24(30)31)8-9-19(20)36/h5-10,13-15,36H,2-4,11-12H2,1H3,(H3,30,31). The number of aryl methyl sites for hydroxylation is 1. The molecule has 5 rings (SSSR count). The summed E-state index contributed by atoms with van der Waals surface area (Å²) in [6, 6.07) is 10.8. The fraction of sp³-hybridized carbons (Fsp3) is 0.222. The van der Waals surface area contributed by atoms with Crippen molar-refractivity contribution in [1.29, 1.82) is 5.41 Å². The average Bonchev–Trinajstić information content (AvgIpc) is 3.34. The Morgan fingerprint density at radius 2 is 1.76 bits per heavy atom. The summed E-state index contributed by atoms with van der Waals surface area (Å²) in [5, 5.41) is 17.9. The number of nitrogens with zero attached hydrogens (tertiary/aromatic N) is 4. The molecule has 0 amide bonds. The summed E-state index contributed by atoms with van der Waals surface area (Å²) < 4.78 is 44.8. The molecule has 1 aliphatic rings. The average molecular weight is 521 g/mol. The van der Waals surface area contributed by atoms with E-state index in [-0.39, 0.29) is 34.3 Å². The molecule has 0 radical (unpaired) electrons. The summed E-state index contributed by atoms with van der Waals surface area (Å²) in [7, 11) is 1.85. The number of nitrogens with two attached hydrogens (primary N) is 1. The molecule has 3 heterocycles. The van der Waals surface area contributed by atoms with Gasteiger partial charge in [0.25, 0.3) is 11.8 Å². The Kier molecular flexibility index (Phi) is 6.82. The van der Waals surface area contributed by atoms with Crippen molar-refractivity contribution in [3.05, 3.63) is 72.1 Å². The Labute approximate surface area is 217 Å². The molecular weight excluding hydrogens is 494 g/mol. The molecule has 0 saturated carbocycles. The van der Waals surface area contributed by atoms with E-state index in [1.807, 2.05) is 17.7 Å². The second kappa shape index (κ2) is 10.4. The van der Waals surface area contributed by atoms with Crippen LogP contribution in [-0.4, -0.2) is 38.6 Å². The van der Waals surface area contributed by atoms with Gasteiger partial charge in [0.15, 0.2) is 11.5 Å². The zero-order valence-corrected chi connectivity index (χ0v) is 20.6. The Hall–Kier alpha value is -4.67. The molecule has 1 saturated heterocycles. The third kappa shape index (κ3) is 4.95. The normalized spacial score (nSPS) is 13.4. The van der Waals surface area contributed by atoms with Crippen LogP contribution < -0.4 is 20.1 Å². The monoisotopic (exact) mass is 520 g/mol. The molecule has 2 aromatic carbocycles. The molecule has 1 fully saturated rings. The van der Waals surface area contributed by atoms with Crippen LogP contribution in [0.4, 0.5) is 14.5 Å². The van der Waals surface area contributed by atoms with Crippen molar-refractivity contribution < 1.29 is 23.4 Å². The van der Waals surface area contributed by atoms with E-state index in [1.54, 1.807) is 35.5 Å². The number of aromatic nitrogens is 3. The van der Waals surface area contributed by atoms with Crippen LogP contribution in [0.1, 0.15) is 24.8 Å². The lowest BCUT2D eigenvalue weighted by atomic mass is 10.1. The van der Waals surface area contributed by atoms with E-state index in [0.717, 1.165) is 24.8 Å². The molecule has 0 spiro atoms. The number of rotatable bonds is 7. The van der Waals surface area contributed by atoms with Gasteiger partial charge in [0.05, 0.1) is 0 Å². The number of piperidine rings is 1. The second-order valence-corrected chi connectivity index (χ2v) is 8.94. The van der Waals surface area contributed by atoms with Crippen LogP contribution in [0.15, 0.2) is 54.9 Å².